The first-order valence-electron chi connectivity index (χ1n) is 3.71. The molecule has 0 aliphatic rings. The zero-order chi connectivity index (χ0) is 11.5. The summed E-state index contributed by atoms with van der Waals surface area (Å²) >= 11 is 0. The first-order chi connectivity index (χ1) is 6.25. The van der Waals surface area contributed by atoms with E-state index >= 15 is 0 Å². The van der Waals surface area contributed by atoms with Gasteiger partial charge >= 0.3 is 0 Å². The van der Waals surface area contributed by atoms with E-state index < -0.39 is 37.0 Å². The summed E-state index contributed by atoms with van der Waals surface area (Å²) in [5.74, 6) is -3.39. The Hall–Kier alpha value is -0.320. The summed E-state index contributed by atoms with van der Waals surface area (Å²) in [6.45, 7) is -0.935. The van der Waals surface area contributed by atoms with Crippen molar-refractivity contribution in [2.75, 3.05) is 6.61 Å². The smallest absolute Gasteiger partial charge is 0.244 e. The molecule has 0 amide bonds. The van der Waals surface area contributed by atoms with Crippen LogP contribution in [0.25, 0.3) is 0 Å². The minimum Gasteiger partial charge on any atom is -0.394 e. The Bertz CT molecular complexity index is 169. The van der Waals surface area contributed by atoms with Crippen molar-refractivity contribution >= 4 is 0 Å². The number of rotatable bonds is 5. The van der Waals surface area contributed by atoms with Crippen LogP contribution in [0.4, 0.5) is 0 Å². The molecular weight excluding hydrogens is 200 g/mol. The number of aliphatic hydroxyl groups is 8. The Labute approximate surface area is 78.9 Å². The van der Waals surface area contributed by atoms with Crippen molar-refractivity contribution in [3.63, 3.8) is 0 Å². The van der Waals surface area contributed by atoms with Crippen LogP contribution >= 0.6 is 0 Å². The standard InChI is InChI=1S/C6H14O8/c7-1-2(8)3(9)4(10)6(13,14)5(11)12/h2-5,7-14H,1H2. The minimum absolute atomic E-state index is 0.935. The molecule has 0 aromatic carbocycles. The second-order valence-corrected chi connectivity index (χ2v) is 2.84. The molecule has 0 bridgehead atoms. The van der Waals surface area contributed by atoms with Crippen LogP contribution in [0.15, 0.2) is 0 Å². The van der Waals surface area contributed by atoms with E-state index in [1.807, 2.05) is 0 Å². The van der Waals surface area contributed by atoms with Crippen molar-refractivity contribution in [3.05, 3.63) is 0 Å². The van der Waals surface area contributed by atoms with Crippen LogP contribution in [0.2, 0.25) is 0 Å². The maximum absolute atomic E-state index is 8.98. The maximum atomic E-state index is 8.98. The highest BCUT2D eigenvalue weighted by molar-refractivity contribution is 4.86. The molecule has 14 heavy (non-hydrogen) atoms. The SMILES string of the molecule is OCC(O)C(O)C(O)C(O)(O)C(O)O. The van der Waals surface area contributed by atoms with Gasteiger partial charge in [-0.15, -0.1) is 0 Å². The van der Waals surface area contributed by atoms with E-state index in [9.17, 15) is 0 Å². The van der Waals surface area contributed by atoms with Gasteiger partial charge < -0.3 is 40.9 Å². The van der Waals surface area contributed by atoms with Gasteiger partial charge in [-0.2, -0.15) is 0 Å². The fraction of sp³-hybridized carbons (Fsp3) is 1.00. The zero-order valence-corrected chi connectivity index (χ0v) is 7.09. The molecule has 0 aliphatic carbocycles. The van der Waals surface area contributed by atoms with Crippen LogP contribution in [-0.2, 0) is 0 Å². The molecule has 8 N–H and O–H groups in total. The summed E-state index contributed by atoms with van der Waals surface area (Å²) in [5.41, 5.74) is 0. The summed E-state index contributed by atoms with van der Waals surface area (Å²) in [6, 6.07) is 0. The second-order valence-electron chi connectivity index (χ2n) is 2.84. The first kappa shape index (κ1) is 13.7. The van der Waals surface area contributed by atoms with Gasteiger partial charge in [0.1, 0.15) is 18.3 Å². The van der Waals surface area contributed by atoms with Crippen molar-refractivity contribution in [1.82, 2.24) is 0 Å². The molecule has 86 valence electrons. The topological polar surface area (TPSA) is 162 Å². The molecule has 0 saturated heterocycles. The molecule has 0 radical (unpaired) electrons. The van der Waals surface area contributed by atoms with Crippen LogP contribution in [0.1, 0.15) is 0 Å². The molecular formula is C6H14O8. The van der Waals surface area contributed by atoms with Gasteiger partial charge in [-0.25, -0.2) is 0 Å². The molecule has 8 nitrogen and oxygen atoms in total. The molecule has 3 atom stereocenters. The molecule has 3 unspecified atom stereocenters. The van der Waals surface area contributed by atoms with Crippen molar-refractivity contribution < 1.29 is 40.9 Å². The summed E-state index contributed by atoms with van der Waals surface area (Å²) in [5, 5.41) is 69.5. The van der Waals surface area contributed by atoms with Crippen molar-refractivity contribution in [2.24, 2.45) is 0 Å². The quantitative estimate of drug-likeness (QED) is 0.211. The third kappa shape index (κ3) is 2.83. The molecule has 0 heterocycles. The van der Waals surface area contributed by atoms with Crippen LogP contribution in [0.5, 0.6) is 0 Å². The average Bonchev–Trinajstić information content (AvgIpc) is 2.13. The van der Waals surface area contributed by atoms with Gasteiger partial charge in [0.15, 0.2) is 0 Å². The second kappa shape index (κ2) is 4.96. The average molecular weight is 214 g/mol. The van der Waals surface area contributed by atoms with E-state index in [1.165, 1.54) is 0 Å². The van der Waals surface area contributed by atoms with Gasteiger partial charge in [-0.1, -0.05) is 0 Å². The maximum Gasteiger partial charge on any atom is 0.244 e. The fourth-order valence-corrected chi connectivity index (χ4v) is 0.722. The third-order valence-electron chi connectivity index (χ3n) is 1.72. The Morgan fingerprint density at radius 2 is 1.36 bits per heavy atom. The van der Waals surface area contributed by atoms with E-state index in [4.69, 9.17) is 40.9 Å². The Balaban J connectivity index is 4.52. The lowest BCUT2D eigenvalue weighted by molar-refractivity contribution is -0.341. The highest BCUT2D eigenvalue weighted by atomic mass is 16.6. The van der Waals surface area contributed by atoms with Gasteiger partial charge in [0.25, 0.3) is 0 Å². The molecule has 0 fully saturated rings. The third-order valence-corrected chi connectivity index (χ3v) is 1.72. The number of aliphatic hydroxyl groups excluding tert-OH is 5. The Morgan fingerprint density at radius 3 is 1.64 bits per heavy atom. The van der Waals surface area contributed by atoms with E-state index in [1.54, 1.807) is 0 Å². The molecule has 0 rings (SSSR count). The lowest BCUT2D eigenvalue weighted by atomic mass is 10.00. The van der Waals surface area contributed by atoms with E-state index in [0.29, 0.717) is 0 Å². The Kier molecular flexibility index (Phi) is 4.84. The van der Waals surface area contributed by atoms with Crippen molar-refractivity contribution in [3.8, 4) is 0 Å². The largest absolute Gasteiger partial charge is 0.394 e. The van der Waals surface area contributed by atoms with Gasteiger partial charge in [-0.05, 0) is 0 Å². The number of hydrogen-bond donors (Lipinski definition) is 8. The van der Waals surface area contributed by atoms with Gasteiger partial charge in [0, 0.05) is 0 Å². The van der Waals surface area contributed by atoms with Gasteiger partial charge in [0.05, 0.1) is 6.61 Å². The molecule has 0 spiro atoms. The lowest BCUT2D eigenvalue weighted by Crippen LogP contribution is -2.59. The van der Waals surface area contributed by atoms with E-state index in [0.717, 1.165) is 0 Å². The Morgan fingerprint density at radius 1 is 0.929 bits per heavy atom. The summed E-state index contributed by atoms with van der Waals surface area (Å²) in [6.07, 6.45) is -9.12. The first-order valence-corrected chi connectivity index (χ1v) is 3.71. The molecule has 8 heteroatoms. The van der Waals surface area contributed by atoms with Crippen molar-refractivity contribution in [2.45, 2.75) is 30.4 Å². The van der Waals surface area contributed by atoms with Crippen LogP contribution in [0.3, 0.4) is 0 Å². The molecule has 0 aromatic rings. The normalized spacial score (nSPS) is 19.5. The van der Waals surface area contributed by atoms with Crippen LogP contribution in [0, 0.1) is 0 Å². The monoisotopic (exact) mass is 214 g/mol. The summed E-state index contributed by atoms with van der Waals surface area (Å²) in [4.78, 5) is 0. The fourth-order valence-electron chi connectivity index (χ4n) is 0.722. The van der Waals surface area contributed by atoms with Crippen molar-refractivity contribution in [1.29, 1.82) is 0 Å². The predicted octanol–water partition coefficient (Wildman–Crippen LogP) is -4.95. The summed E-state index contributed by atoms with van der Waals surface area (Å²) < 4.78 is 0. The molecule has 0 aromatic heterocycles. The van der Waals surface area contributed by atoms with Crippen LogP contribution in [-0.4, -0.2) is 77.8 Å². The molecule has 0 saturated carbocycles. The zero-order valence-electron chi connectivity index (χ0n) is 7.09. The number of hydrogen-bond acceptors (Lipinski definition) is 8. The highest BCUT2D eigenvalue weighted by Crippen LogP contribution is 2.15. The highest BCUT2D eigenvalue weighted by Gasteiger charge is 2.46. The van der Waals surface area contributed by atoms with Gasteiger partial charge in [-0.3, -0.25) is 0 Å². The molecule has 0 aliphatic heterocycles. The minimum atomic E-state index is -3.39. The van der Waals surface area contributed by atoms with E-state index in [2.05, 4.69) is 0 Å². The summed E-state index contributed by atoms with van der Waals surface area (Å²) in [7, 11) is 0. The predicted molar refractivity (Wildman–Crippen MR) is 40.5 cm³/mol. The van der Waals surface area contributed by atoms with Crippen LogP contribution < -0.4 is 0 Å². The lowest BCUT2D eigenvalue weighted by Gasteiger charge is -2.32. The van der Waals surface area contributed by atoms with E-state index in [-0.39, 0.29) is 0 Å². The van der Waals surface area contributed by atoms with Gasteiger partial charge in [0.2, 0.25) is 12.1 Å².